The van der Waals surface area contributed by atoms with E-state index in [1.54, 1.807) is 0 Å². The maximum absolute atomic E-state index is 10.6. The molecule has 4 nitrogen and oxygen atoms in total. The van der Waals surface area contributed by atoms with Crippen LogP contribution in [0.25, 0.3) is 0 Å². The molecule has 17 heavy (non-hydrogen) atoms. The Morgan fingerprint density at radius 2 is 2.18 bits per heavy atom. The zero-order valence-corrected chi connectivity index (χ0v) is 9.93. The van der Waals surface area contributed by atoms with Gasteiger partial charge in [-0.2, -0.15) is 0 Å². The number of hydrogen-bond donors (Lipinski definition) is 2. The summed E-state index contributed by atoms with van der Waals surface area (Å²) in [5, 5.41) is 2.68. The Morgan fingerprint density at radius 1 is 1.41 bits per heavy atom. The topological polar surface area (TPSA) is 58.4 Å². The lowest BCUT2D eigenvalue weighted by Gasteiger charge is -2.16. The summed E-state index contributed by atoms with van der Waals surface area (Å²) in [5.74, 6) is 0.534. The van der Waals surface area contributed by atoms with Crippen LogP contribution in [0.1, 0.15) is 12.0 Å². The van der Waals surface area contributed by atoms with Gasteiger partial charge < -0.3 is 11.1 Å². The van der Waals surface area contributed by atoms with E-state index in [1.807, 2.05) is 6.07 Å². The number of nitrogens with zero attached hydrogens (tertiary/aromatic N) is 1. The van der Waals surface area contributed by atoms with Crippen molar-refractivity contribution in [2.75, 3.05) is 19.6 Å². The van der Waals surface area contributed by atoms with Gasteiger partial charge in [-0.3, -0.25) is 4.90 Å². The monoisotopic (exact) mass is 233 g/mol. The fourth-order valence-corrected chi connectivity index (χ4v) is 2.31. The summed E-state index contributed by atoms with van der Waals surface area (Å²) in [4.78, 5) is 13.0. The molecule has 2 amide bonds. The minimum atomic E-state index is -0.425. The minimum Gasteiger partial charge on any atom is -0.352 e. The molecule has 0 unspecified atom stereocenters. The van der Waals surface area contributed by atoms with Crippen LogP contribution < -0.4 is 11.1 Å². The Bertz CT molecular complexity index is 366. The summed E-state index contributed by atoms with van der Waals surface area (Å²) in [6, 6.07) is 10.0. The molecule has 4 heteroatoms. The molecule has 92 valence electrons. The second kappa shape index (κ2) is 5.68. The van der Waals surface area contributed by atoms with Crippen molar-refractivity contribution in [3.8, 4) is 0 Å². The fraction of sp³-hybridized carbons (Fsp3) is 0.462. The van der Waals surface area contributed by atoms with E-state index in [1.165, 1.54) is 5.56 Å². The molecule has 0 radical (unpaired) electrons. The van der Waals surface area contributed by atoms with E-state index >= 15 is 0 Å². The highest BCUT2D eigenvalue weighted by Crippen LogP contribution is 2.17. The van der Waals surface area contributed by atoms with Crippen LogP contribution >= 0.6 is 0 Å². The van der Waals surface area contributed by atoms with Crippen molar-refractivity contribution in [2.45, 2.75) is 13.0 Å². The van der Waals surface area contributed by atoms with Crippen molar-refractivity contribution in [1.29, 1.82) is 0 Å². The number of amides is 2. The Labute approximate surface area is 102 Å². The summed E-state index contributed by atoms with van der Waals surface area (Å²) < 4.78 is 0. The Hall–Kier alpha value is -1.55. The van der Waals surface area contributed by atoms with Crippen LogP contribution in [0.15, 0.2) is 30.3 Å². The van der Waals surface area contributed by atoms with Gasteiger partial charge in [-0.15, -0.1) is 0 Å². The number of carbonyl (C=O) groups excluding carboxylic acids is 1. The number of rotatable bonds is 4. The van der Waals surface area contributed by atoms with Gasteiger partial charge in [-0.1, -0.05) is 30.3 Å². The molecular weight excluding hydrogens is 214 g/mol. The quantitative estimate of drug-likeness (QED) is 0.820. The Kier molecular flexibility index (Phi) is 3.98. The van der Waals surface area contributed by atoms with Crippen LogP contribution in [0.5, 0.6) is 0 Å². The number of nitrogens with two attached hydrogens (primary N) is 1. The van der Waals surface area contributed by atoms with Gasteiger partial charge in [-0.25, -0.2) is 4.79 Å². The lowest BCUT2D eigenvalue weighted by molar-refractivity contribution is 0.246. The summed E-state index contributed by atoms with van der Waals surface area (Å²) in [7, 11) is 0. The van der Waals surface area contributed by atoms with Crippen molar-refractivity contribution < 1.29 is 4.79 Å². The van der Waals surface area contributed by atoms with Crippen molar-refractivity contribution in [3.63, 3.8) is 0 Å². The van der Waals surface area contributed by atoms with Crippen LogP contribution in [-0.2, 0) is 6.54 Å². The molecule has 1 fully saturated rings. The third-order valence-electron chi connectivity index (χ3n) is 3.18. The first-order valence-electron chi connectivity index (χ1n) is 6.03. The van der Waals surface area contributed by atoms with Crippen LogP contribution in [0.3, 0.4) is 0 Å². The normalized spacial score (nSPS) is 20.4. The van der Waals surface area contributed by atoms with E-state index in [4.69, 9.17) is 5.73 Å². The zero-order valence-electron chi connectivity index (χ0n) is 9.93. The van der Waals surface area contributed by atoms with Crippen LogP contribution in [0.2, 0.25) is 0 Å². The average Bonchev–Trinajstić information content (AvgIpc) is 2.75. The maximum Gasteiger partial charge on any atom is 0.312 e. The number of urea groups is 1. The molecule has 1 aromatic carbocycles. The van der Waals surface area contributed by atoms with Gasteiger partial charge in [0.2, 0.25) is 0 Å². The molecule has 1 saturated heterocycles. The molecule has 0 spiro atoms. The maximum atomic E-state index is 10.6. The highest BCUT2D eigenvalue weighted by Gasteiger charge is 2.22. The van der Waals surface area contributed by atoms with E-state index in [2.05, 4.69) is 34.5 Å². The summed E-state index contributed by atoms with van der Waals surface area (Å²) >= 11 is 0. The van der Waals surface area contributed by atoms with Gasteiger partial charge in [0.15, 0.2) is 0 Å². The summed E-state index contributed by atoms with van der Waals surface area (Å²) in [6.45, 7) is 3.82. The molecule has 0 aliphatic carbocycles. The third kappa shape index (κ3) is 3.75. The number of primary amides is 1. The predicted octanol–water partition coefficient (Wildman–Crippen LogP) is 1.18. The molecule has 1 aliphatic rings. The first kappa shape index (κ1) is 11.9. The molecule has 3 N–H and O–H groups in total. The number of likely N-dealkylation sites (tertiary alicyclic amines) is 1. The second-order valence-electron chi connectivity index (χ2n) is 4.62. The molecule has 0 saturated carbocycles. The van der Waals surface area contributed by atoms with Gasteiger partial charge in [0.1, 0.15) is 0 Å². The van der Waals surface area contributed by atoms with E-state index in [0.717, 1.165) is 26.1 Å². The van der Waals surface area contributed by atoms with E-state index in [-0.39, 0.29) is 0 Å². The summed E-state index contributed by atoms with van der Waals surface area (Å²) in [5.41, 5.74) is 6.41. The summed E-state index contributed by atoms with van der Waals surface area (Å²) in [6.07, 6.45) is 1.13. The van der Waals surface area contributed by atoms with E-state index in [9.17, 15) is 4.79 Å². The first-order chi connectivity index (χ1) is 8.24. The van der Waals surface area contributed by atoms with Crippen LogP contribution in [0.4, 0.5) is 4.79 Å². The molecule has 1 aromatic rings. The van der Waals surface area contributed by atoms with Gasteiger partial charge >= 0.3 is 6.03 Å². The lowest BCUT2D eigenvalue weighted by Crippen LogP contribution is -2.34. The molecule has 1 heterocycles. The highest BCUT2D eigenvalue weighted by molar-refractivity contribution is 5.71. The van der Waals surface area contributed by atoms with E-state index in [0.29, 0.717) is 12.5 Å². The fourth-order valence-electron chi connectivity index (χ4n) is 2.31. The standard InChI is InChI=1S/C13H19N3O/c14-13(17)15-8-12-6-7-16(10-12)9-11-4-2-1-3-5-11/h1-5,12H,6-10H2,(H3,14,15,17)/t12-/m1/s1. The predicted molar refractivity (Wildman–Crippen MR) is 67.4 cm³/mol. The molecule has 0 bridgehead atoms. The van der Waals surface area contributed by atoms with Gasteiger partial charge in [0.25, 0.3) is 0 Å². The number of benzene rings is 1. The van der Waals surface area contributed by atoms with Gasteiger partial charge in [0, 0.05) is 19.6 Å². The largest absolute Gasteiger partial charge is 0.352 e. The van der Waals surface area contributed by atoms with Crippen molar-refractivity contribution in [2.24, 2.45) is 11.7 Å². The SMILES string of the molecule is NC(=O)NC[C@H]1CCN(Cc2ccccc2)C1. The highest BCUT2D eigenvalue weighted by atomic mass is 16.2. The van der Waals surface area contributed by atoms with Gasteiger partial charge in [0.05, 0.1) is 0 Å². The van der Waals surface area contributed by atoms with Crippen molar-refractivity contribution >= 4 is 6.03 Å². The minimum absolute atomic E-state index is 0.425. The zero-order chi connectivity index (χ0) is 12.1. The van der Waals surface area contributed by atoms with Crippen molar-refractivity contribution in [1.82, 2.24) is 10.2 Å². The van der Waals surface area contributed by atoms with Gasteiger partial charge in [-0.05, 0) is 24.4 Å². The Morgan fingerprint density at radius 3 is 2.88 bits per heavy atom. The second-order valence-corrected chi connectivity index (χ2v) is 4.62. The Balaban J connectivity index is 1.76. The van der Waals surface area contributed by atoms with E-state index < -0.39 is 6.03 Å². The molecular formula is C13H19N3O. The van der Waals surface area contributed by atoms with Crippen LogP contribution in [-0.4, -0.2) is 30.6 Å². The number of hydrogen-bond acceptors (Lipinski definition) is 2. The number of carbonyl (C=O) groups is 1. The number of nitrogens with one attached hydrogen (secondary N) is 1. The van der Waals surface area contributed by atoms with Crippen molar-refractivity contribution in [3.05, 3.63) is 35.9 Å². The first-order valence-corrected chi connectivity index (χ1v) is 6.03. The smallest absolute Gasteiger partial charge is 0.312 e. The molecule has 1 atom stereocenters. The molecule has 1 aliphatic heterocycles. The third-order valence-corrected chi connectivity index (χ3v) is 3.18. The molecule has 2 rings (SSSR count). The lowest BCUT2D eigenvalue weighted by atomic mass is 10.1. The van der Waals surface area contributed by atoms with Crippen LogP contribution in [0, 0.1) is 5.92 Å². The average molecular weight is 233 g/mol. The molecule has 0 aromatic heterocycles.